The minimum absolute atomic E-state index is 0.0566. The van der Waals surface area contributed by atoms with E-state index in [1.165, 1.54) is 10.5 Å². The van der Waals surface area contributed by atoms with Crippen molar-refractivity contribution in [2.45, 2.75) is 19.3 Å². The fraction of sp³-hybridized carbons (Fsp3) is 0.318. The summed E-state index contributed by atoms with van der Waals surface area (Å²) in [6, 6.07) is 11.0. The van der Waals surface area contributed by atoms with Crippen LogP contribution in [0.25, 0.3) is 10.8 Å². The van der Waals surface area contributed by atoms with Crippen LogP contribution in [0.15, 0.2) is 48.0 Å². The lowest BCUT2D eigenvalue weighted by Gasteiger charge is -2.27. The zero-order chi connectivity index (χ0) is 19.5. The van der Waals surface area contributed by atoms with Gasteiger partial charge in [-0.2, -0.15) is 0 Å². The number of hydrogen-bond acceptors (Lipinski definition) is 4. The Morgan fingerprint density at radius 3 is 2.43 bits per heavy atom. The van der Waals surface area contributed by atoms with Gasteiger partial charge in [0.25, 0.3) is 11.8 Å². The molecule has 0 saturated heterocycles. The summed E-state index contributed by atoms with van der Waals surface area (Å²) in [5.41, 5.74) is 2.34. The van der Waals surface area contributed by atoms with Crippen molar-refractivity contribution in [2.75, 3.05) is 26.2 Å². The van der Waals surface area contributed by atoms with Crippen LogP contribution >= 0.6 is 0 Å². The number of amides is 3. The van der Waals surface area contributed by atoms with E-state index in [0.29, 0.717) is 24.1 Å². The molecule has 6 nitrogen and oxygen atoms in total. The fourth-order valence-electron chi connectivity index (χ4n) is 3.81. The number of rotatable bonds is 6. The molecule has 0 saturated carbocycles. The van der Waals surface area contributed by atoms with Crippen LogP contribution in [0.1, 0.15) is 40.0 Å². The second-order valence-electron chi connectivity index (χ2n) is 7.17. The van der Waals surface area contributed by atoms with E-state index < -0.39 is 0 Å². The van der Waals surface area contributed by atoms with E-state index in [1.807, 2.05) is 24.3 Å². The highest BCUT2D eigenvalue weighted by Crippen LogP contribution is 2.30. The molecule has 2 aliphatic rings. The monoisotopic (exact) mass is 377 g/mol. The smallest absolute Gasteiger partial charge is 0.261 e. The standard InChI is InChI=1S/C22H23N3O3/c26-19(24-14-15-9-11-23-12-10-15)8-3-13-25-21(27)17-6-1-4-16-5-2-7-18(20(16)17)22(25)28/h1-2,4-7,9,23H,3,8,10-14H2,(H,24,26). The quantitative estimate of drug-likeness (QED) is 0.598. The number of nitrogens with zero attached hydrogens (tertiary/aromatic N) is 1. The summed E-state index contributed by atoms with van der Waals surface area (Å²) in [6.45, 7) is 2.59. The number of imide groups is 1. The Morgan fingerprint density at radius 2 is 1.79 bits per heavy atom. The van der Waals surface area contributed by atoms with Gasteiger partial charge in [-0.1, -0.05) is 35.9 Å². The Morgan fingerprint density at radius 1 is 1.07 bits per heavy atom. The van der Waals surface area contributed by atoms with Crippen molar-refractivity contribution >= 4 is 28.5 Å². The van der Waals surface area contributed by atoms with Crippen LogP contribution in [0.3, 0.4) is 0 Å². The first-order valence-corrected chi connectivity index (χ1v) is 9.68. The Balaban J connectivity index is 1.36. The molecule has 0 aromatic heterocycles. The highest BCUT2D eigenvalue weighted by molar-refractivity contribution is 6.25. The highest BCUT2D eigenvalue weighted by Gasteiger charge is 2.32. The molecule has 2 aliphatic heterocycles. The minimum Gasteiger partial charge on any atom is -0.352 e. The normalized spacial score (nSPS) is 16.3. The molecule has 2 aromatic carbocycles. The molecule has 0 radical (unpaired) electrons. The predicted octanol–water partition coefficient (Wildman–Crippen LogP) is 2.25. The van der Waals surface area contributed by atoms with E-state index in [-0.39, 0.29) is 30.7 Å². The molecule has 0 aliphatic carbocycles. The van der Waals surface area contributed by atoms with E-state index in [4.69, 9.17) is 0 Å². The van der Waals surface area contributed by atoms with Gasteiger partial charge in [-0.3, -0.25) is 19.3 Å². The third-order valence-electron chi connectivity index (χ3n) is 5.31. The van der Waals surface area contributed by atoms with Gasteiger partial charge in [0.15, 0.2) is 0 Å². The van der Waals surface area contributed by atoms with Gasteiger partial charge in [-0.05, 0) is 36.9 Å². The Kier molecular flexibility index (Phi) is 5.21. The lowest BCUT2D eigenvalue weighted by Crippen LogP contribution is -2.41. The van der Waals surface area contributed by atoms with E-state index >= 15 is 0 Å². The molecule has 2 aromatic rings. The highest BCUT2D eigenvalue weighted by atomic mass is 16.2. The Hall–Kier alpha value is -2.99. The Bertz CT molecular complexity index is 929. The van der Waals surface area contributed by atoms with Gasteiger partial charge >= 0.3 is 0 Å². The summed E-state index contributed by atoms with van der Waals surface area (Å²) in [5, 5.41) is 7.78. The van der Waals surface area contributed by atoms with Crippen LogP contribution in [0.4, 0.5) is 0 Å². The first-order chi connectivity index (χ1) is 13.6. The molecule has 2 N–H and O–H groups in total. The van der Waals surface area contributed by atoms with Crippen LogP contribution in [0, 0.1) is 0 Å². The van der Waals surface area contributed by atoms with Gasteiger partial charge in [-0.15, -0.1) is 0 Å². The summed E-state index contributed by atoms with van der Waals surface area (Å²) in [5.74, 6) is -0.622. The third-order valence-corrected chi connectivity index (χ3v) is 5.31. The van der Waals surface area contributed by atoms with Crippen LogP contribution in [0.2, 0.25) is 0 Å². The van der Waals surface area contributed by atoms with E-state index in [1.54, 1.807) is 12.1 Å². The molecular weight excluding hydrogens is 354 g/mol. The molecular formula is C22H23N3O3. The van der Waals surface area contributed by atoms with Crippen molar-refractivity contribution in [3.8, 4) is 0 Å². The maximum absolute atomic E-state index is 12.8. The largest absolute Gasteiger partial charge is 0.352 e. The molecule has 4 rings (SSSR count). The van der Waals surface area contributed by atoms with Gasteiger partial charge in [0.05, 0.1) is 0 Å². The number of carbonyl (C=O) groups excluding carboxylic acids is 3. The molecule has 0 bridgehead atoms. The summed E-state index contributed by atoms with van der Waals surface area (Å²) in [7, 11) is 0. The molecule has 2 heterocycles. The second kappa shape index (κ2) is 7.94. The summed E-state index contributed by atoms with van der Waals surface area (Å²) >= 11 is 0. The maximum atomic E-state index is 12.8. The van der Waals surface area contributed by atoms with Gasteiger partial charge in [0.1, 0.15) is 0 Å². The summed E-state index contributed by atoms with van der Waals surface area (Å²) in [4.78, 5) is 39.0. The molecule has 0 atom stereocenters. The molecule has 28 heavy (non-hydrogen) atoms. The van der Waals surface area contributed by atoms with E-state index in [0.717, 1.165) is 30.3 Å². The van der Waals surface area contributed by atoms with Gasteiger partial charge in [0, 0.05) is 42.6 Å². The second-order valence-corrected chi connectivity index (χ2v) is 7.17. The van der Waals surface area contributed by atoms with Gasteiger partial charge in [0.2, 0.25) is 5.91 Å². The number of benzene rings is 2. The fourth-order valence-corrected chi connectivity index (χ4v) is 3.81. The molecule has 3 amide bonds. The van der Waals surface area contributed by atoms with Crippen LogP contribution < -0.4 is 10.6 Å². The average Bonchev–Trinajstić information content (AvgIpc) is 2.73. The van der Waals surface area contributed by atoms with E-state index in [2.05, 4.69) is 16.7 Å². The number of nitrogens with one attached hydrogen (secondary N) is 2. The van der Waals surface area contributed by atoms with E-state index in [9.17, 15) is 14.4 Å². The van der Waals surface area contributed by atoms with Crippen LogP contribution in [-0.4, -0.2) is 48.8 Å². The van der Waals surface area contributed by atoms with Crippen molar-refractivity contribution < 1.29 is 14.4 Å². The van der Waals surface area contributed by atoms with Gasteiger partial charge in [-0.25, -0.2) is 0 Å². The zero-order valence-corrected chi connectivity index (χ0v) is 15.7. The lowest BCUT2D eigenvalue weighted by molar-refractivity contribution is -0.121. The summed E-state index contributed by atoms with van der Waals surface area (Å²) in [6.07, 6.45) is 3.78. The third kappa shape index (κ3) is 3.55. The number of hydrogen-bond donors (Lipinski definition) is 2. The van der Waals surface area contributed by atoms with Crippen molar-refractivity contribution in [1.82, 2.24) is 15.5 Å². The topological polar surface area (TPSA) is 78.5 Å². The van der Waals surface area contributed by atoms with Crippen molar-refractivity contribution in [2.24, 2.45) is 0 Å². The van der Waals surface area contributed by atoms with Crippen LogP contribution in [0.5, 0.6) is 0 Å². The predicted molar refractivity (Wildman–Crippen MR) is 107 cm³/mol. The average molecular weight is 377 g/mol. The molecule has 144 valence electrons. The lowest BCUT2D eigenvalue weighted by atomic mass is 9.94. The van der Waals surface area contributed by atoms with Crippen LogP contribution in [-0.2, 0) is 4.79 Å². The molecule has 0 fully saturated rings. The van der Waals surface area contributed by atoms with Crippen molar-refractivity contribution in [1.29, 1.82) is 0 Å². The van der Waals surface area contributed by atoms with Gasteiger partial charge < -0.3 is 10.6 Å². The first-order valence-electron chi connectivity index (χ1n) is 9.68. The molecule has 6 heteroatoms. The SMILES string of the molecule is O=C(CCCN1C(=O)c2cccc3cccc(c23)C1=O)NCC1=CCNCC1. The van der Waals surface area contributed by atoms with Crippen molar-refractivity contribution in [3.63, 3.8) is 0 Å². The summed E-state index contributed by atoms with van der Waals surface area (Å²) < 4.78 is 0. The number of carbonyl (C=O) groups is 3. The Labute approximate surface area is 163 Å². The molecule has 0 spiro atoms. The minimum atomic E-state index is -0.283. The zero-order valence-electron chi connectivity index (χ0n) is 15.7. The molecule has 0 unspecified atom stereocenters. The van der Waals surface area contributed by atoms with Crippen molar-refractivity contribution in [3.05, 3.63) is 59.2 Å². The maximum Gasteiger partial charge on any atom is 0.261 e. The first kappa shape index (κ1) is 18.4.